The summed E-state index contributed by atoms with van der Waals surface area (Å²) in [5.41, 5.74) is 7.19. The van der Waals surface area contributed by atoms with Gasteiger partial charge in [0.2, 0.25) is 0 Å². The first kappa shape index (κ1) is 10.8. The lowest BCUT2D eigenvalue weighted by molar-refractivity contribution is 0.161. The highest BCUT2D eigenvalue weighted by Gasteiger charge is 2.16. The van der Waals surface area contributed by atoms with Gasteiger partial charge in [-0.1, -0.05) is 0 Å². The van der Waals surface area contributed by atoms with E-state index in [0.717, 1.165) is 11.3 Å². The number of aliphatic hydroxyl groups excluding tert-OH is 1. The van der Waals surface area contributed by atoms with Crippen molar-refractivity contribution in [2.24, 2.45) is 5.73 Å². The fourth-order valence-electron chi connectivity index (χ4n) is 1.44. The van der Waals surface area contributed by atoms with Gasteiger partial charge in [-0.05, 0) is 19.1 Å². The molecule has 0 aliphatic heterocycles. The third-order valence-electron chi connectivity index (χ3n) is 2.46. The number of imidazole rings is 1. The third-order valence-corrected chi connectivity index (χ3v) is 2.46. The monoisotopic (exact) mass is 221 g/mol. The number of H-pyrrole nitrogens is 1. The van der Waals surface area contributed by atoms with Crippen LogP contribution >= 0.6 is 0 Å². The summed E-state index contributed by atoms with van der Waals surface area (Å²) in [6, 6.07) is 3.20. The first-order chi connectivity index (χ1) is 7.61. The number of hydrogen-bond donors (Lipinski definition) is 4. The fourth-order valence-corrected chi connectivity index (χ4v) is 1.44. The van der Waals surface area contributed by atoms with Crippen molar-refractivity contribution in [3.8, 4) is 0 Å². The van der Waals surface area contributed by atoms with E-state index < -0.39 is 12.1 Å². The third kappa shape index (κ3) is 1.84. The summed E-state index contributed by atoms with van der Waals surface area (Å²) < 4.78 is 0. The van der Waals surface area contributed by atoms with Crippen molar-refractivity contribution in [1.29, 1.82) is 0 Å². The Hall–Kier alpha value is -1.66. The first-order valence-corrected chi connectivity index (χ1v) is 5.10. The molecule has 2 aromatic rings. The van der Waals surface area contributed by atoms with E-state index in [1.54, 1.807) is 14.0 Å². The van der Waals surface area contributed by atoms with E-state index >= 15 is 0 Å². The molecule has 6 nitrogen and oxygen atoms in total. The minimum atomic E-state index is -0.649. The molecule has 2 heterocycles. The Morgan fingerprint density at radius 3 is 2.81 bits per heavy atom. The van der Waals surface area contributed by atoms with Crippen molar-refractivity contribution in [2.45, 2.75) is 19.1 Å². The molecule has 0 aliphatic rings. The normalized spacial score (nSPS) is 15.0. The fraction of sp³-hybridized carbons (Fsp3) is 0.400. The van der Waals surface area contributed by atoms with E-state index in [1.165, 1.54) is 0 Å². The lowest BCUT2D eigenvalue weighted by Gasteiger charge is -2.10. The number of aromatic amines is 1. The number of aliphatic hydroxyl groups is 1. The van der Waals surface area contributed by atoms with Crippen molar-refractivity contribution < 1.29 is 5.11 Å². The van der Waals surface area contributed by atoms with Gasteiger partial charge in [-0.15, -0.1) is 0 Å². The van der Waals surface area contributed by atoms with Gasteiger partial charge in [-0.3, -0.25) is 0 Å². The van der Waals surface area contributed by atoms with Crippen LogP contribution in [0.25, 0.3) is 11.2 Å². The maximum Gasteiger partial charge on any atom is 0.179 e. The largest absolute Gasteiger partial charge is 0.391 e. The van der Waals surface area contributed by atoms with E-state index in [9.17, 15) is 5.11 Å². The van der Waals surface area contributed by atoms with Gasteiger partial charge < -0.3 is 21.1 Å². The van der Waals surface area contributed by atoms with Crippen LogP contribution in [0.2, 0.25) is 0 Å². The molecule has 2 atom stereocenters. The lowest BCUT2D eigenvalue weighted by atomic mass is 10.2. The molecule has 2 unspecified atom stereocenters. The van der Waals surface area contributed by atoms with Crippen LogP contribution in [-0.4, -0.2) is 33.2 Å². The van der Waals surface area contributed by atoms with Crippen molar-refractivity contribution in [3.63, 3.8) is 0 Å². The summed E-state index contributed by atoms with van der Waals surface area (Å²) in [5, 5.41) is 12.3. The Labute approximate surface area is 92.9 Å². The minimum Gasteiger partial charge on any atom is -0.391 e. The smallest absolute Gasteiger partial charge is 0.179 e. The molecular formula is C10H15N5O. The van der Waals surface area contributed by atoms with Crippen LogP contribution in [0.5, 0.6) is 0 Å². The summed E-state index contributed by atoms with van der Waals surface area (Å²) in [5.74, 6) is 1.29. The van der Waals surface area contributed by atoms with Gasteiger partial charge in [-0.25, -0.2) is 9.97 Å². The molecule has 6 heteroatoms. The zero-order valence-corrected chi connectivity index (χ0v) is 9.23. The molecule has 0 aromatic carbocycles. The highest BCUT2D eigenvalue weighted by Crippen LogP contribution is 2.17. The van der Waals surface area contributed by atoms with Crippen LogP contribution in [0.15, 0.2) is 12.1 Å². The molecule has 0 bridgehead atoms. The highest BCUT2D eigenvalue weighted by molar-refractivity contribution is 5.72. The average Bonchev–Trinajstić information content (AvgIpc) is 2.69. The summed E-state index contributed by atoms with van der Waals surface area (Å²) >= 11 is 0. The van der Waals surface area contributed by atoms with Gasteiger partial charge in [0.05, 0.1) is 17.7 Å². The molecule has 0 fully saturated rings. The Morgan fingerprint density at radius 1 is 1.44 bits per heavy atom. The number of nitrogens with two attached hydrogens (primary N) is 1. The number of nitrogens with zero attached hydrogens (tertiary/aromatic N) is 2. The second kappa shape index (κ2) is 4.07. The van der Waals surface area contributed by atoms with Crippen LogP contribution in [0.1, 0.15) is 18.8 Å². The summed E-state index contributed by atoms with van der Waals surface area (Å²) in [4.78, 5) is 11.6. The predicted molar refractivity (Wildman–Crippen MR) is 62.0 cm³/mol. The van der Waals surface area contributed by atoms with E-state index in [-0.39, 0.29) is 0 Å². The molecule has 0 saturated carbocycles. The number of hydrogen-bond acceptors (Lipinski definition) is 5. The Balaban J connectivity index is 2.43. The minimum absolute atomic E-state index is 0.521. The lowest BCUT2D eigenvalue weighted by Crippen LogP contribution is -2.24. The van der Waals surface area contributed by atoms with E-state index in [1.807, 2.05) is 12.1 Å². The zero-order valence-electron chi connectivity index (χ0n) is 9.23. The summed E-state index contributed by atoms with van der Waals surface area (Å²) in [6.45, 7) is 1.63. The SMILES string of the molecule is CNc1ccc2[nH]c(C(N)C(C)O)nc2n1. The van der Waals surface area contributed by atoms with Crippen molar-refractivity contribution in [3.05, 3.63) is 18.0 Å². The molecule has 16 heavy (non-hydrogen) atoms. The number of rotatable bonds is 3. The average molecular weight is 221 g/mol. The molecule has 2 rings (SSSR count). The molecule has 0 radical (unpaired) electrons. The Morgan fingerprint density at radius 2 is 2.19 bits per heavy atom. The molecule has 86 valence electrons. The van der Waals surface area contributed by atoms with E-state index in [2.05, 4.69) is 20.3 Å². The number of nitrogens with one attached hydrogen (secondary N) is 2. The maximum atomic E-state index is 9.38. The number of pyridine rings is 1. The summed E-state index contributed by atoms with van der Waals surface area (Å²) in [6.07, 6.45) is -0.649. The molecule has 0 aliphatic carbocycles. The van der Waals surface area contributed by atoms with Gasteiger partial charge >= 0.3 is 0 Å². The van der Waals surface area contributed by atoms with Crippen LogP contribution in [0, 0.1) is 0 Å². The molecule has 2 aromatic heterocycles. The van der Waals surface area contributed by atoms with Gasteiger partial charge in [-0.2, -0.15) is 0 Å². The first-order valence-electron chi connectivity index (χ1n) is 5.10. The maximum absolute atomic E-state index is 9.38. The second-order valence-electron chi connectivity index (χ2n) is 3.71. The van der Waals surface area contributed by atoms with Crippen molar-refractivity contribution in [2.75, 3.05) is 12.4 Å². The van der Waals surface area contributed by atoms with E-state index in [0.29, 0.717) is 11.5 Å². The van der Waals surface area contributed by atoms with Crippen LogP contribution < -0.4 is 11.1 Å². The predicted octanol–water partition coefficient (Wildman–Crippen LogP) is 0.380. The van der Waals surface area contributed by atoms with Gasteiger partial charge in [0, 0.05) is 7.05 Å². The van der Waals surface area contributed by atoms with Gasteiger partial charge in [0.15, 0.2) is 5.65 Å². The Kier molecular flexibility index (Phi) is 2.76. The number of anilines is 1. The highest BCUT2D eigenvalue weighted by atomic mass is 16.3. The van der Waals surface area contributed by atoms with Crippen LogP contribution in [0.4, 0.5) is 5.82 Å². The van der Waals surface area contributed by atoms with Crippen LogP contribution in [0.3, 0.4) is 0 Å². The molecule has 5 N–H and O–H groups in total. The number of aromatic nitrogens is 3. The van der Waals surface area contributed by atoms with E-state index in [4.69, 9.17) is 5.73 Å². The van der Waals surface area contributed by atoms with Gasteiger partial charge in [0.25, 0.3) is 0 Å². The number of fused-ring (bicyclic) bond motifs is 1. The topological polar surface area (TPSA) is 99.9 Å². The quantitative estimate of drug-likeness (QED) is 0.600. The van der Waals surface area contributed by atoms with Crippen LogP contribution in [-0.2, 0) is 0 Å². The molecule has 0 saturated heterocycles. The second-order valence-corrected chi connectivity index (χ2v) is 3.71. The van der Waals surface area contributed by atoms with Gasteiger partial charge in [0.1, 0.15) is 11.6 Å². The molecular weight excluding hydrogens is 206 g/mol. The Bertz CT molecular complexity index is 493. The molecule has 0 amide bonds. The van der Waals surface area contributed by atoms with Crippen molar-refractivity contribution >= 4 is 17.0 Å². The van der Waals surface area contributed by atoms with Crippen molar-refractivity contribution in [1.82, 2.24) is 15.0 Å². The zero-order chi connectivity index (χ0) is 11.7. The molecule has 0 spiro atoms. The standard InChI is InChI=1S/C10H15N5O/c1-5(16)8(11)10-13-6-3-4-7(12-2)14-9(6)15-10/h3-5,8,16H,11H2,1-2H3,(H2,12,13,14,15). The summed E-state index contributed by atoms with van der Waals surface area (Å²) in [7, 11) is 1.79.